The van der Waals surface area contributed by atoms with Crippen LogP contribution >= 0.6 is 34.5 Å². The van der Waals surface area contributed by atoms with Gasteiger partial charge in [-0.3, -0.25) is 10.1 Å². The van der Waals surface area contributed by atoms with Crippen LogP contribution in [0.3, 0.4) is 0 Å². The Morgan fingerprint density at radius 1 is 1.42 bits per heavy atom. The molecule has 2 aromatic rings. The molecule has 0 spiro atoms. The highest BCUT2D eigenvalue weighted by Crippen LogP contribution is 2.35. The van der Waals surface area contributed by atoms with E-state index in [0.717, 1.165) is 10.7 Å². The van der Waals surface area contributed by atoms with Gasteiger partial charge in [0.25, 0.3) is 5.69 Å². The van der Waals surface area contributed by atoms with Gasteiger partial charge in [0.05, 0.1) is 27.2 Å². The molecule has 1 aromatic heterocycles. The van der Waals surface area contributed by atoms with Gasteiger partial charge in [-0.15, -0.1) is 11.3 Å². The predicted molar refractivity (Wildman–Crippen MR) is 77.3 cm³/mol. The summed E-state index contributed by atoms with van der Waals surface area (Å²) < 4.78 is 0. The fourth-order valence-corrected chi connectivity index (χ4v) is 2.80. The van der Waals surface area contributed by atoms with Gasteiger partial charge in [-0.2, -0.15) is 0 Å². The Labute approximate surface area is 123 Å². The zero-order valence-corrected chi connectivity index (χ0v) is 12.1. The van der Waals surface area contributed by atoms with Gasteiger partial charge < -0.3 is 5.32 Å². The van der Waals surface area contributed by atoms with Crippen molar-refractivity contribution in [2.24, 2.45) is 0 Å². The minimum Gasteiger partial charge on any atom is -0.376 e. The lowest BCUT2D eigenvalue weighted by molar-refractivity contribution is -0.384. The number of benzene rings is 1. The van der Waals surface area contributed by atoms with Gasteiger partial charge in [0, 0.05) is 23.2 Å². The van der Waals surface area contributed by atoms with Crippen molar-refractivity contribution in [1.82, 2.24) is 4.98 Å². The van der Waals surface area contributed by atoms with Gasteiger partial charge in [-0.25, -0.2) is 4.98 Å². The second-order valence-corrected chi connectivity index (χ2v) is 5.53. The molecule has 0 bridgehead atoms. The van der Waals surface area contributed by atoms with Crippen LogP contribution in [0.1, 0.15) is 10.7 Å². The van der Waals surface area contributed by atoms with E-state index in [9.17, 15) is 10.1 Å². The van der Waals surface area contributed by atoms with Gasteiger partial charge in [-0.1, -0.05) is 23.2 Å². The molecule has 1 heterocycles. The van der Waals surface area contributed by atoms with Crippen molar-refractivity contribution in [2.75, 3.05) is 5.32 Å². The minimum atomic E-state index is -0.536. The van der Waals surface area contributed by atoms with E-state index in [1.165, 1.54) is 23.5 Å². The molecule has 0 radical (unpaired) electrons. The zero-order chi connectivity index (χ0) is 14.0. The molecule has 0 aliphatic rings. The van der Waals surface area contributed by atoms with E-state index in [1.54, 1.807) is 0 Å². The fraction of sp³-hybridized carbons (Fsp3) is 0.182. The molecule has 0 fully saturated rings. The van der Waals surface area contributed by atoms with Crippen molar-refractivity contribution >= 4 is 45.9 Å². The van der Waals surface area contributed by atoms with E-state index < -0.39 is 4.92 Å². The van der Waals surface area contributed by atoms with Crippen molar-refractivity contribution in [3.63, 3.8) is 0 Å². The molecule has 0 saturated heterocycles. The highest BCUT2D eigenvalue weighted by Gasteiger charge is 2.14. The summed E-state index contributed by atoms with van der Waals surface area (Å²) in [5.41, 5.74) is 1.29. The van der Waals surface area contributed by atoms with Crippen LogP contribution in [0.4, 0.5) is 11.4 Å². The monoisotopic (exact) mass is 317 g/mol. The number of hydrogen-bond donors (Lipinski definition) is 1. The van der Waals surface area contributed by atoms with E-state index in [2.05, 4.69) is 10.3 Å². The first-order valence-electron chi connectivity index (χ1n) is 5.25. The van der Waals surface area contributed by atoms with Gasteiger partial charge in [0.15, 0.2) is 0 Å². The maximum absolute atomic E-state index is 10.7. The fourth-order valence-electron chi connectivity index (χ4n) is 1.48. The molecule has 0 amide bonds. The van der Waals surface area contributed by atoms with Crippen molar-refractivity contribution in [3.8, 4) is 0 Å². The Morgan fingerprint density at radius 2 is 2.05 bits per heavy atom. The highest BCUT2D eigenvalue weighted by molar-refractivity contribution is 7.09. The minimum absolute atomic E-state index is 0.134. The maximum atomic E-state index is 10.7. The van der Waals surface area contributed by atoms with Crippen LogP contribution in [0.2, 0.25) is 10.0 Å². The van der Waals surface area contributed by atoms with Crippen LogP contribution in [0.5, 0.6) is 0 Å². The Hall–Kier alpha value is -1.37. The second kappa shape index (κ2) is 5.73. The summed E-state index contributed by atoms with van der Waals surface area (Å²) in [5.74, 6) is 0. The van der Waals surface area contributed by atoms with Crippen molar-refractivity contribution in [1.29, 1.82) is 0 Å². The number of nitro benzene ring substituents is 1. The molecule has 0 saturated carbocycles. The van der Waals surface area contributed by atoms with Crippen LogP contribution in [-0.4, -0.2) is 9.91 Å². The molecule has 8 heteroatoms. The summed E-state index contributed by atoms with van der Waals surface area (Å²) in [4.78, 5) is 14.4. The van der Waals surface area contributed by atoms with Crippen LogP contribution in [0.25, 0.3) is 0 Å². The number of thiazole rings is 1. The normalized spacial score (nSPS) is 10.5. The van der Waals surface area contributed by atoms with E-state index in [0.29, 0.717) is 12.2 Å². The van der Waals surface area contributed by atoms with Gasteiger partial charge in [-0.05, 0) is 6.92 Å². The first-order chi connectivity index (χ1) is 8.97. The molecule has 0 aliphatic heterocycles. The molecule has 0 unspecified atom stereocenters. The quantitative estimate of drug-likeness (QED) is 0.675. The lowest BCUT2D eigenvalue weighted by Crippen LogP contribution is -2.01. The van der Waals surface area contributed by atoms with E-state index in [-0.39, 0.29) is 15.7 Å². The average Bonchev–Trinajstić information content (AvgIpc) is 2.73. The number of anilines is 1. The molecule has 100 valence electrons. The molecule has 0 atom stereocenters. The lowest BCUT2D eigenvalue weighted by Gasteiger charge is -2.08. The van der Waals surface area contributed by atoms with Gasteiger partial charge in [0.1, 0.15) is 5.01 Å². The van der Waals surface area contributed by atoms with Crippen molar-refractivity contribution < 1.29 is 4.92 Å². The number of rotatable bonds is 4. The molecule has 1 N–H and O–H groups in total. The summed E-state index contributed by atoms with van der Waals surface area (Å²) in [5, 5.41) is 17.0. The maximum Gasteiger partial charge on any atom is 0.272 e. The van der Waals surface area contributed by atoms with Crippen LogP contribution in [0.15, 0.2) is 17.5 Å². The smallest absolute Gasteiger partial charge is 0.272 e. The van der Waals surface area contributed by atoms with Crippen molar-refractivity contribution in [3.05, 3.63) is 48.4 Å². The SMILES string of the molecule is Cc1csc(CNc2c(Cl)cc([N+](=O)[O-])cc2Cl)n1. The summed E-state index contributed by atoms with van der Waals surface area (Å²) in [7, 11) is 0. The number of aromatic nitrogens is 1. The van der Waals surface area contributed by atoms with Gasteiger partial charge >= 0.3 is 0 Å². The molecular formula is C11H9Cl2N3O2S. The Kier molecular flexibility index (Phi) is 4.24. The predicted octanol–water partition coefficient (Wildman–Crippen LogP) is 4.28. The Balaban J connectivity index is 2.18. The van der Waals surface area contributed by atoms with E-state index in [4.69, 9.17) is 23.2 Å². The molecular weight excluding hydrogens is 309 g/mol. The Morgan fingerprint density at radius 3 is 2.53 bits per heavy atom. The highest BCUT2D eigenvalue weighted by atomic mass is 35.5. The zero-order valence-electron chi connectivity index (χ0n) is 9.81. The third-order valence-electron chi connectivity index (χ3n) is 2.32. The summed E-state index contributed by atoms with van der Waals surface area (Å²) in [6.07, 6.45) is 0. The third-order valence-corrected chi connectivity index (χ3v) is 3.88. The van der Waals surface area contributed by atoms with Crippen LogP contribution < -0.4 is 5.32 Å². The van der Waals surface area contributed by atoms with E-state index in [1.807, 2.05) is 12.3 Å². The van der Waals surface area contributed by atoms with Gasteiger partial charge in [0.2, 0.25) is 0 Å². The molecule has 1 aromatic carbocycles. The number of nitrogens with zero attached hydrogens (tertiary/aromatic N) is 2. The number of non-ortho nitro benzene ring substituents is 1. The third kappa shape index (κ3) is 3.34. The largest absolute Gasteiger partial charge is 0.376 e. The first-order valence-corrected chi connectivity index (χ1v) is 6.89. The average molecular weight is 318 g/mol. The summed E-state index contributed by atoms with van der Waals surface area (Å²) in [6.45, 7) is 2.38. The van der Waals surface area contributed by atoms with Crippen LogP contribution in [-0.2, 0) is 6.54 Å². The lowest BCUT2D eigenvalue weighted by atomic mass is 10.3. The standard InChI is InChI=1S/C11H9Cl2N3O2S/c1-6-5-19-10(15-6)4-14-11-8(12)2-7(16(17)18)3-9(11)13/h2-3,5,14H,4H2,1H3. The topological polar surface area (TPSA) is 68.1 Å². The number of nitrogens with one attached hydrogen (secondary N) is 1. The summed E-state index contributed by atoms with van der Waals surface area (Å²) in [6, 6.07) is 2.53. The molecule has 2 rings (SSSR count). The Bertz CT molecular complexity index is 607. The van der Waals surface area contributed by atoms with E-state index >= 15 is 0 Å². The second-order valence-electron chi connectivity index (χ2n) is 3.78. The number of halogens is 2. The number of nitro groups is 1. The van der Waals surface area contributed by atoms with Crippen LogP contribution in [0, 0.1) is 17.0 Å². The molecule has 19 heavy (non-hydrogen) atoms. The number of hydrogen-bond acceptors (Lipinski definition) is 5. The summed E-state index contributed by atoms with van der Waals surface area (Å²) >= 11 is 13.5. The molecule has 5 nitrogen and oxygen atoms in total. The molecule has 0 aliphatic carbocycles. The first kappa shape index (κ1) is 14.0. The van der Waals surface area contributed by atoms with Crippen molar-refractivity contribution in [2.45, 2.75) is 13.5 Å². The number of aryl methyl sites for hydroxylation is 1.